The quantitative estimate of drug-likeness (QED) is 0.473. The van der Waals surface area contributed by atoms with Gasteiger partial charge in [0.15, 0.2) is 5.13 Å². The van der Waals surface area contributed by atoms with Crippen LogP contribution >= 0.6 is 11.3 Å². The molecule has 2 heterocycles. The van der Waals surface area contributed by atoms with E-state index in [-0.39, 0.29) is 0 Å². The second-order valence-corrected chi connectivity index (χ2v) is 9.41. The van der Waals surface area contributed by atoms with Gasteiger partial charge in [0, 0.05) is 31.1 Å². The summed E-state index contributed by atoms with van der Waals surface area (Å²) >= 11 is 1.72. The molecule has 0 aliphatic carbocycles. The van der Waals surface area contributed by atoms with E-state index in [2.05, 4.69) is 51.8 Å². The summed E-state index contributed by atoms with van der Waals surface area (Å²) in [6, 6.07) is 17.1. The Labute approximate surface area is 201 Å². The van der Waals surface area contributed by atoms with Gasteiger partial charge in [-0.25, -0.2) is 4.98 Å². The van der Waals surface area contributed by atoms with E-state index in [1.54, 1.807) is 25.6 Å². The van der Waals surface area contributed by atoms with Gasteiger partial charge in [-0.2, -0.15) is 0 Å². The molecule has 0 unspecified atom stereocenters. The van der Waals surface area contributed by atoms with E-state index in [0.29, 0.717) is 6.04 Å². The Balaban J connectivity index is 1.53. The zero-order valence-electron chi connectivity index (χ0n) is 19.8. The molecule has 1 fully saturated rings. The van der Waals surface area contributed by atoms with Crippen LogP contribution < -0.4 is 19.7 Å². The molecule has 1 N–H and O–H groups in total. The Hall–Kier alpha value is -2.61. The number of anilines is 1. The topological polar surface area (TPSA) is 49.9 Å². The second-order valence-electron chi connectivity index (χ2n) is 8.58. The van der Waals surface area contributed by atoms with Crippen molar-refractivity contribution < 1.29 is 9.47 Å². The number of hydrogen-bond acceptors (Lipinski definition) is 7. The van der Waals surface area contributed by atoms with Gasteiger partial charge in [0.2, 0.25) is 0 Å². The highest BCUT2D eigenvalue weighted by molar-refractivity contribution is 7.13. The Kier molecular flexibility index (Phi) is 8.20. The van der Waals surface area contributed by atoms with E-state index in [9.17, 15) is 0 Å². The first-order valence-electron chi connectivity index (χ1n) is 11.5. The maximum Gasteiger partial charge on any atom is 0.186 e. The maximum absolute atomic E-state index is 5.44. The molecule has 1 aromatic heterocycles. The van der Waals surface area contributed by atoms with Gasteiger partial charge in [0.1, 0.15) is 11.5 Å². The van der Waals surface area contributed by atoms with Crippen LogP contribution in [0.25, 0.3) is 0 Å². The lowest BCUT2D eigenvalue weighted by Gasteiger charge is -2.31. The molecule has 1 saturated heterocycles. The summed E-state index contributed by atoms with van der Waals surface area (Å²) in [6.07, 6.45) is 2.40. The number of nitrogens with zero attached hydrogens (tertiary/aromatic N) is 3. The van der Waals surface area contributed by atoms with Crippen molar-refractivity contribution in [2.45, 2.75) is 38.5 Å². The Bertz CT molecular complexity index is 969. The van der Waals surface area contributed by atoms with Crippen LogP contribution in [0.3, 0.4) is 0 Å². The van der Waals surface area contributed by atoms with Crippen LogP contribution in [0, 0.1) is 0 Å². The molecule has 3 aromatic rings. The number of benzene rings is 2. The van der Waals surface area contributed by atoms with Gasteiger partial charge in [0.05, 0.1) is 19.9 Å². The average molecular weight is 467 g/mol. The van der Waals surface area contributed by atoms with Crippen LogP contribution in [-0.4, -0.2) is 50.3 Å². The normalized spacial score (nSPS) is 14.4. The molecule has 0 amide bonds. The first-order chi connectivity index (χ1) is 16.1. The van der Waals surface area contributed by atoms with Crippen molar-refractivity contribution in [2.75, 3.05) is 39.3 Å². The zero-order chi connectivity index (χ0) is 23.0. The Morgan fingerprint density at radius 3 is 2.12 bits per heavy atom. The minimum atomic E-state index is 0.626. The Morgan fingerprint density at radius 1 is 0.939 bits per heavy atom. The maximum atomic E-state index is 5.44. The molecule has 2 aromatic carbocycles. The first kappa shape index (κ1) is 23.5. The second kappa shape index (κ2) is 11.5. The minimum absolute atomic E-state index is 0.626. The van der Waals surface area contributed by atoms with Crippen molar-refractivity contribution in [3.05, 3.63) is 70.7 Å². The summed E-state index contributed by atoms with van der Waals surface area (Å²) in [4.78, 5) is 9.84. The lowest BCUT2D eigenvalue weighted by Crippen LogP contribution is -2.40. The van der Waals surface area contributed by atoms with E-state index >= 15 is 0 Å². The van der Waals surface area contributed by atoms with E-state index in [0.717, 1.165) is 55.0 Å². The van der Waals surface area contributed by atoms with Crippen LogP contribution in [0.5, 0.6) is 11.5 Å². The highest BCUT2D eigenvalue weighted by atomic mass is 32.1. The fourth-order valence-corrected chi connectivity index (χ4v) is 5.14. The zero-order valence-corrected chi connectivity index (χ0v) is 20.6. The van der Waals surface area contributed by atoms with Crippen LogP contribution in [0.2, 0.25) is 0 Å². The van der Waals surface area contributed by atoms with Crippen molar-refractivity contribution in [1.82, 2.24) is 15.2 Å². The van der Waals surface area contributed by atoms with Gasteiger partial charge in [-0.1, -0.05) is 24.3 Å². The molecule has 0 atom stereocenters. The first-order valence-corrected chi connectivity index (χ1v) is 12.4. The van der Waals surface area contributed by atoms with Gasteiger partial charge >= 0.3 is 0 Å². The number of rotatable bonds is 10. The molecule has 0 saturated carbocycles. The number of aromatic nitrogens is 1. The van der Waals surface area contributed by atoms with Crippen LogP contribution in [0.4, 0.5) is 5.13 Å². The summed E-state index contributed by atoms with van der Waals surface area (Å²) in [7, 11) is 5.64. The Morgan fingerprint density at radius 2 is 1.55 bits per heavy atom. The fraction of sp³-hybridized carbons (Fsp3) is 0.423. The molecule has 4 rings (SSSR count). The average Bonchev–Trinajstić information content (AvgIpc) is 3.33. The van der Waals surface area contributed by atoms with Gasteiger partial charge < -0.3 is 19.7 Å². The third-order valence-corrected chi connectivity index (χ3v) is 7.12. The molecule has 33 heavy (non-hydrogen) atoms. The van der Waals surface area contributed by atoms with Crippen molar-refractivity contribution in [2.24, 2.45) is 0 Å². The third kappa shape index (κ3) is 6.47. The van der Waals surface area contributed by atoms with E-state index in [1.807, 2.05) is 24.3 Å². The van der Waals surface area contributed by atoms with Crippen molar-refractivity contribution >= 4 is 16.5 Å². The summed E-state index contributed by atoms with van der Waals surface area (Å²) in [6.45, 7) is 4.60. The van der Waals surface area contributed by atoms with Gasteiger partial charge in [-0.3, -0.25) is 4.90 Å². The van der Waals surface area contributed by atoms with Gasteiger partial charge in [-0.15, -0.1) is 11.3 Å². The SMILES string of the molecule is COc1cccc(CN(Cc2cccc(OC)c2)c2nc(CN(C)C3CCNCC3)cs2)c1. The molecule has 1 aliphatic rings. The standard InChI is InChI=1S/C26H34N4O2S/c1-29(23-10-12-27-13-11-23)18-22-19-33-26(28-22)30(16-20-6-4-8-24(14-20)31-2)17-21-7-5-9-25(15-21)32-3/h4-9,14-15,19,23,27H,10-13,16-18H2,1-3H3. The minimum Gasteiger partial charge on any atom is -0.497 e. The molecular formula is C26H34N4O2S. The lowest BCUT2D eigenvalue weighted by atomic mass is 10.1. The lowest BCUT2D eigenvalue weighted by molar-refractivity contribution is 0.190. The van der Waals surface area contributed by atoms with Crippen molar-refractivity contribution in [3.8, 4) is 11.5 Å². The predicted molar refractivity (Wildman–Crippen MR) is 135 cm³/mol. The van der Waals surface area contributed by atoms with E-state index in [1.165, 1.54) is 24.0 Å². The van der Waals surface area contributed by atoms with Crippen LogP contribution in [-0.2, 0) is 19.6 Å². The number of ether oxygens (including phenoxy) is 2. The molecule has 0 radical (unpaired) electrons. The molecule has 176 valence electrons. The van der Waals surface area contributed by atoms with Gasteiger partial charge in [-0.05, 0) is 68.4 Å². The smallest absolute Gasteiger partial charge is 0.186 e. The molecule has 0 bridgehead atoms. The van der Waals surface area contributed by atoms with E-state index < -0.39 is 0 Å². The van der Waals surface area contributed by atoms with Crippen LogP contribution in [0.1, 0.15) is 29.7 Å². The molecule has 0 spiro atoms. The molecular weight excluding hydrogens is 432 g/mol. The predicted octanol–water partition coefficient (Wildman–Crippen LogP) is 4.55. The molecule has 6 nitrogen and oxygen atoms in total. The highest BCUT2D eigenvalue weighted by Crippen LogP contribution is 2.27. The van der Waals surface area contributed by atoms with Crippen molar-refractivity contribution in [1.29, 1.82) is 0 Å². The molecule has 1 aliphatic heterocycles. The molecule has 7 heteroatoms. The number of methoxy groups -OCH3 is 2. The van der Waals surface area contributed by atoms with Crippen molar-refractivity contribution in [3.63, 3.8) is 0 Å². The monoisotopic (exact) mass is 466 g/mol. The van der Waals surface area contributed by atoms with E-state index in [4.69, 9.17) is 14.5 Å². The number of thiazole rings is 1. The summed E-state index contributed by atoms with van der Waals surface area (Å²) in [5, 5.41) is 6.69. The number of hydrogen-bond donors (Lipinski definition) is 1. The summed E-state index contributed by atoms with van der Waals surface area (Å²) in [5.74, 6) is 1.74. The largest absolute Gasteiger partial charge is 0.497 e. The number of piperidine rings is 1. The fourth-order valence-electron chi connectivity index (χ4n) is 4.32. The van der Waals surface area contributed by atoms with Gasteiger partial charge in [0.25, 0.3) is 0 Å². The number of nitrogens with one attached hydrogen (secondary N) is 1. The third-order valence-electron chi connectivity index (χ3n) is 6.17. The van der Waals surface area contributed by atoms with Crippen LogP contribution in [0.15, 0.2) is 53.9 Å². The highest BCUT2D eigenvalue weighted by Gasteiger charge is 2.20. The summed E-state index contributed by atoms with van der Waals surface area (Å²) < 4.78 is 10.9. The summed E-state index contributed by atoms with van der Waals surface area (Å²) in [5.41, 5.74) is 3.53.